The number of amides is 1. The Labute approximate surface area is 197 Å². The van der Waals surface area contributed by atoms with Crippen molar-refractivity contribution in [3.63, 3.8) is 0 Å². The monoisotopic (exact) mass is 499 g/mol. The van der Waals surface area contributed by atoms with Gasteiger partial charge in [0.05, 0.1) is 26.7 Å². The van der Waals surface area contributed by atoms with E-state index in [4.69, 9.17) is 16.3 Å². The number of ether oxygens (including phenoxy) is 1. The molecular weight excluding hydrogens is 479 g/mol. The van der Waals surface area contributed by atoms with E-state index in [1.807, 2.05) is 0 Å². The van der Waals surface area contributed by atoms with Gasteiger partial charge in [-0.15, -0.1) is 0 Å². The predicted molar refractivity (Wildman–Crippen MR) is 123 cm³/mol. The highest BCUT2D eigenvalue weighted by Crippen LogP contribution is 2.36. The third kappa shape index (κ3) is 6.07. The van der Waals surface area contributed by atoms with E-state index >= 15 is 0 Å². The first-order valence-corrected chi connectivity index (χ1v) is 11.2. The number of thioether (sulfide) groups is 1. The lowest BCUT2D eigenvalue weighted by Gasteiger charge is -2.17. The van der Waals surface area contributed by atoms with Gasteiger partial charge in [0.1, 0.15) is 0 Å². The number of hydrogen-bond acceptors (Lipinski definition) is 5. The molecule has 0 saturated heterocycles. The summed E-state index contributed by atoms with van der Waals surface area (Å²) in [6.45, 7) is 2.37. The van der Waals surface area contributed by atoms with Crippen LogP contribution in [0.15, 0.2) is 52.4 Å². The zero-order chi connectivity index (χ0) is 24.2. The van der Waals surface area contributed by atoms with Gasteiger partial charge in [0, 0.05) is 25.9 Å². The molecule has 0 aliphatic carbocycles. The van der Waals surface area contributed by atoms with Gasteiger partial charge in [-0.1, -0.05) is 35.5 Å². The molecule has 0 fully saturated rings. The molecule has 3 rings (SSSR count). The van der Waals surface area contributed by atoms with Crippen LogP contribution in [0.1, 0.15) is 18.9 Å². The molecule has 0 spiro atoms. The molecule has 1 atom stereocenters. The first-order valence-electron chi connectivity index (χ1n) is 9.94. The number of fused-ring (bicyclic) bond motifs is 1. The molecule has 1 unspecified atom stereocenters. The summed E-state index contributed by atoms with van der Waals surface area (Å²) in [5.74, 6) is -0.540. The summed E-state index contributed by atoms with van der Waals surface area (Å²) >= 11 is 6.68. The van der Waals surface area contributed by atoms with Crippen LogP contribution >= 0.6 is 23.4 Å². The summed E-state index contributed by atoms with van der Waals surface area (Å²) in [4.78, 5) is 30.2. The standard InChI is InChI=1S/C22H21ClF3N3O3S/c1-13(19(30)27-14-8-9-17(23)16(12-14)22(24,25)26)33-21-28-18-7-4-3-6-15(18)20(31)29(21)10-5-11-32-2/h3-4,6-9,12-13H,5,10-11H2,1-2H3,(H,27,30). The Morgan fingerprint density at radius 1 is 1.27 bits per heavy atom. The van der Waals surface area contributed by atoms with Crippen LogP contribution in [0.25, 0.3) is 10.9 Å². The minimum Gasteiger partial charge on any atom is -0.385 e. The second-order valence-corrected chi connectivity index (χ2v) is 8.87. The van der Waals surface area contributed by atoms with Crippen LogP contribution in [0.5, 0.6) is 0 Å². The normalized spacial score (nSPS) is 12.7. The van der Waals surface area contributed by atoms with Gasteiger partial charge in [0.15, 0.2) is 5.16 Å². The lowest BCUT2D eigenvalue weighted by Crippen LogP contribution is -2.27. The number of anilines is 1. The summed E-state index contributed by atoms with van der Waals surface area (Å²) in [6.07, 6.45) is -4.08. The number of nitrogens with one attached hydrogen (secondary N) is 1. The van der Waals surface area contributed by atoms with Crippen molar-refractivity contribution < 1.29 is 22.7 Å². The number of aromatic nitrogens is 2. The van der Waals surface area contributed by atoms with Crippen LogP contribution in [0.3, 0.4) is 0 Å². The van der Waals surface area contributed by atoms with Gasteiger partial charge < -0.3 is 10.1 Å². The highest BCUT2D eigenvalue weighted by atomic mass is 35.5. The molecule has 6 nitrogen and oxygen atoms in total. The third-order valence-corrected chi connectivity index (χ3v) is 6.17. The number of carbonyl (C=O) groups is 1. The second kappa shape index (κ2) is 10.6. The SMILES string of the molecule is COCCCn1c(SC(C)C(=O)Nc2ccc(Cl)c(C(F)(F)F)c2)nc2ccccc2c1=O. The number of nitrogens with zero attached hydrogens (tertiary/aromatic N) is 2. The third-order valence-electron chi connectivity index (χ3n) is 4.75. The van der Waals surface area contributed by atoms with E-state index in [1.54, 1.807) is 38.3 Å². The van der Waals surface area contributed by atoms with Gasteiger partial charge >= 0.3 is 6.18 Å². The maximum absolute atomic E-state index is 13.1. The number of halogens is 4. The Kier molecular flexibility index (Phi) is 8.04. The average Bonchev–Trinajstić information content (AvgIpc) is 2.76. The van der Waals surface area contributed by atoms with Gasteiger partial charge in [-0.25, -0.2) is 4.98 Å². The Morgan fingerprint density at radius 3 is 2.70 bits per heavy atom. The number of alkyl halides is 3. The summed E-state index contributed by atoms with van der Waals surface area (Å²) in [5, 5.41) is 2.06. The largest absolute Gasteiger partial charge is 0.417 e. The predicted octanol–water partition coefficient (Wildman–Crippen LogP) is 5.22. The average molecular weight is 500 g/mol. The minimum atomic E-state index is -4.65. The first kappa shape index (κ1) is 25.1. The fourth-order valence-corrected chi connectivity index (χ4v) is 4.24. The Bertz CT molecular complexity index is 1220. The number of hydrogen-bond donors (Lipinski definition) is 1. The number of para-hydroxylation sites is 1. The molecule has 1 amide bonds. The molecule has 0 saturated carbocycles. The van der Waals surface area contributed by atoms with E-state index in [0.717, 1.165) is 23.9 Å². The molecule has 3 aromatic rings. The van der Waals surface area contributed by atoms with Crippen LogP contribution < -0.4 is 10.9 Å². The number of carbonyl (C=O) groups excluding carboxylic acids is 1. The van der Waals surface area contributed by atoms with Crippen LogP contribution in [0.4, 0.5) is 18.9 Å². The van der Waals surface area contributed by atoms with E-state index in [0.29, 0.717) is 35.6 Å². The van der Waals surface area contributed by atoms with E-state index < -0.39 is 27.9 Å². The molecule has 0 aliphatic rings. The first-order chi connectivity index (χ1) is 15.6. The summed E-state index contributed by atoms with van der Waals surface area (Å²) in [6, 6.07) is 10.0. The number of benzene rings is 2. The summed E-state index contributed by atoms with van der Waals surface area (Å²) in [7, 11) is 1.56. The Balaban J connectivity index is 1.85. The zero-order valence-electron chi connectivity index (χ0n) is 17.8. The van der Waals surface area contributed by atoms with Gasteiger partial charge in [-0.2, -0.15) is 13.2 Å². The molecule has 0 aliphatic heterocycles. The molecule has 1 heterocycles. The van der Waals surface area contributed by atoms with Crippen molar-refractivity contribution in [1.29, 1.82) is 0 Å². The topological polar surface area (TPSA) is 73.2 Å². The van der Waals surface area contributed by atoms with Crippen molar-refractivity contribution in [2.75, 3.05) is 19.0 Å². The minimum absolute atomic E-state index is 0.0341. The Hall–Kier alpha value is -2.56. The molecular formula is C22H21ClF3N3O3S. The van der Waals surface area contributed by atoms with Crippen molar-refractivity contribution in [3.05, 3.63) is 63.4 Å². The Morgan fingerprint density at radius 2 is 2.00 bits per heavy atom. The highest BCUT2D eigenvalue weighted by Gasteiger charge is 2.33. The molecule has 1 aromatic heterocycles. The van der Waals surface area contributed by atoms with E-state index in [9.17, 15) is 22.8 Å². The zero-order valence-corrected chi connectivity index (χ0v) is 19.4. The molecule has 0 bridgehead atoms. The van der Waals surface area contributed by atoms with Gasteiger partial charge in [-0.05, 0) is 43.7 Å². The molecule has 2 aromatic carbocycles. The lowest BCUT2D eigenvalue weighted by atomic mass is 10.2. The van der Waals surface area contributed by atoms with E-state index in [2.05, 4.69) is 10.3 Å². The maximum atomic E-state index is 13.1. The molecule has 1 N–H and O–H groups in total. The van der Waals surface area contributed by atoms with Crippen molar-refractivity contribution in [2.24, 2.45) is 0 Å². The quantitative estimate of drug-likeness (QED) is 0.261. The van der Waals surface area contributed by atoms with Gasteiger partial charge in [0.2, 0.25) is 5.91 Å². The van der Waals surface area contributed by atoms with Crippen LogP contribution in [-0.4, -0.2) is 34.4 Å². The second-order valence-electron chi connectivity index (χ2n) is 7.16. The molecule has 0 radical (unpaired) electrons. The number of rotatable bonds is 8. The van der Waals surface area contributed by atoms with Crippen molar-refractivity contribution in [1.82, 2.24) is 9.55 Å². The van der Waals surface area contributed by atoms with Crippen molar-refractivity contribution >= 4 is 45.9 Å². The molecule has 11 heteroatoms. The fraction of sp³-hybridized carbons (Fsp3) is 0.318. The lowest BCUT2D eigenvalue weighted by molar-refractivity contribution is -0.137. The number of methoxy groups -OCH3 is 1. The van der Waals surface area contributed by atoms with Gasteiger partial charge in [-0.3, -0.25) is 14.2 Å². The van der Waals surface area contributed by atoms with Crippen LogP contribution in [0, 0.1) is 0 Å². The molecule has 176 valence electrons. The van der Waals surface area contributed by atoms with E-state index in [-0.39, 0.29) is 11.2 Å². The fourth-order valence-electron chi connectivity index (χ4n) is 3.08. The summed E-state index contributed by atoms with van der Waals surface area (Å²) in [5.41, 5.74) is -0.814. The molecule has 33 heavy (non-hydrogen) atoms. The smallest absolute Gasteiger partial charge is 0.385 e. The van der Waals surface area contributed by atoms with Crippen LogP contribution in [-0.2, 0) is 22.3 Å². The summed E-state index contributed by atoms with van der Waals surface area (Å²) < 4.78 is 45.8. The van der Waals surface area contributed by atoms with Gasteiger partial charge in [0.25, 0.3) is 5.56 Å². The van der Waals surface area contributed by atoms with Crippen molar-refractivity contribution in [3.8, 4) is 0 Å². The van der Waals surface area contributed by atoms with Crippen LogP contribution in [0.2, 0.25) is 5.02 Å². The highest BCUT2D eigenvalue weighted by molar-refractivity contribution is 8.00. The van der Waals surface area contributed by atoms with Crippen molar-refractivity contribution in [2.45, 2.75) is 36.5 Å². The van der Waals surface area contributed by atoms with E-state index in [1.165, 1.54) is 10.6 Å². The maximum Gasteiger partial charge on any atom is 0.417 e.